The first kappa shape index (κ1) is 20.0. The quantitative estimate of drug-likeness (QED) is 0.481. The third-order valence-corrected chi connectivity index (χ3v) is 6.48. The summed E-state index contributed by atoms with van der Waals surface area (Å²) in [7, 11) is 1.96. The van der Waals surface area contributed by atoms with Gasteiger partial charge in [0.1, 0.15) is 6.10 Å². The van der Waals surface area contributed by atoms with Crippen LogP contribution >= 0.6 is 0 Å². The molecule has 0 radical (unpaired) electrons. The Balaban J connectivity index is 1.62. The van der Waals surface area contributed by atoms with Crippen LogP contribution in [0.1, 0.15) is 41.3 Å². The van der Waals surface area contributed by atoms with Crippen molar-refractivity contribution in [1.82, 2.24) is 24.5 Å². The van der Waals surface area contributed by atoms with Crippen LogP contribution in [-0.4, -0.2) is 37.8 Å². The Hall–Kier alpha value is -3.65. The van der Waals surface area contributed by atoms with Crippen molar-refractivity contribution in [2.45, 2.75) is 32.4 Å². The maximum Gasteiger partial charge on any atom is 0.166 e. The van der Waals surface area contributed by atoms with Crippen molar-refractivity contribution >= 4 is 5.82 Å². The zero-order valence-electron chi connectivity index (χ0n) is 18.9. The minimum absolute atomic E-state index is 0.208. The van der Waals surface area contributed by atoms with E-state index in [-0.39, 0.29) is 12.1 Å². The molecule has 0 amide bonds. The molecule has 1 saturated heterocycles. The zero-order chi connectivity index (χ0) is 22.7. The minimum Gasteiger partial charge on any atom is -0.482 e. The second-order valence-electron chi connectivity index (χ2n) is 8.97. The predicted molar refractivity (Wildman–Crippen MR) is 125 cm³/mol. The number of nitrogen functional groups attached to an aromatic ring is 1. The van der Waals surface area contributed by atoms with Gasteiger partial charge in [-0.25, -0.2) is 4.98 Å². The first-order valence-corrected chi connectivity index (χ1v) is 11.2. The molecule has 1 aromatic carbocycles. The van der Waals surface area contributed by atoms with E-state index >= 15 is 0 Å². The standard InChI is InChI=1S/C25H26N6O2/c1-14-4-5-20-21(6-14)15(2)33-22-8-17(9-27-25(22)26)24-16(7-18-11-30(3)29-23(18)20)10-28-31(24)19-12-32-13-19/h4-6,8-11,15,19H,7,12-13H2,1-3H3,(H2,26,27)/t15-/m1/s1. The third-order valence-electron chi connectivity index (χ3n) is 6.48. The van der Waals surface area contributed by atoms with Crippen molar-refractivity contribution in [1.29, 1.82) is 0 Å². The Morgan fingerprint density at radius 2 is 1.97 bits per heavy atom. The number of benzene rings is 1. The van der Waals surface area contributed by atoms with E-state index < -0.39 is 0 Å². The summed E-state index contributed by atoms with van der Waals surface area (Å²) in [6.45, 7) is 5.44. The summed E-state index contributed by atoms with van der Waals surface area (Å²) in [6.07, 6.45) is 6.31. The molecule has 8 nitrogen and oxygen atoms in total. The van der Waals surface area contributed by atoms with Gasteiger partial charge in [-0.1, -0.05) is 23.8 Å². The lowest BCUT2D eigenvalue weighted by Crippen LogP contribution is -2.31. The summed E-state index contributed by atoms with van der Waals surface area (Å²) in [4.78, 5) is 4.47. The molecule has 1 atom stereocenters. The Bertz CT molecular complexity index is 1370. The third kappa shape index (κ3) is 3.29. The molecule has 33 heavy (non-hydrogen) atoms. The number of hydrogen-bond donors (Lipinski definition) is 1. The molecule has 2 aliphatic heterocycles. The van der Waals surface area contributed by atoms with E-state index in [2.05, 4.69) is 41.0 Å². The van der Waals surface area contributed by atoms with Crippen molar-refractivity contribution < 1.29 is 9.47 Å². The molecule has 4 aromatic rings. The van der Waals surface area contributed by atoms with Gasteiger partial charge in [0.2, 0.25) is 0 Å². The predicted octanol–water partition coefficient (Wildman–Crippen LogP) is 3.85. The van der Waals surface area contributed by atoms with Gasteiger partial charge < -0.3 is 15.2 Å². The van der Waals surface area contributed by atoms with Crippen LogP contribution in [0.4, 0.5) is 5.82 Å². The first-order valence-electron chi connectivity index (χ1n) is 11.2. The number of fused-ring (bicyclic) bond motifs is 7. The van der Waals surface area contributed by atoms with Gasteiger partial charge in [-0.15, -0.1) is 0 Å². The number of nitrogens with two attached hydrogens (primary N) is 1. The lowest BCUT2D eigenvalue weighted by molar-refractivity contribution is -0.0278. The number of rotatable bonds is 1. The highest BCUT2D eigenvalue weighted by Crippen LogP contribution is 2.39. The van der Waals surface area contributed by atoms with Crippen molar-refractivity contribution in [3.05, 3.63) is 65.1 Å². The summed E-state index contributed by atoms with van der Waals surface area (Å²) >= 11 is 0. The van der Waals surface area contributed by atoms with Crippen LogP contribution < -0.4 is 10.5 Å². The summed E-state index contributed by atoms with van der Waals surface area (Å²) < 4.78 is 15.8. The molecule has 1 fully saturated rings. The monoisotopic (exact) mass is 442 g/mol. The molecule has 5 heterocycles. The normalized spacial score (nSPS) is 17.6. The summed E-state index contributed by atoms with van der Waals surface area (Å²) in [5.74, 6) is 0.938. The molecule has 168 valence electrons. The molecule has 8 heteroatoms. The van der Waals surface area contributed by atoms with Gasteiger partial charge in [-0.3, -0.25) is 9.36 Å². The van der Waals surface area contributed by atoms with E-state index in [0.29, 0.717) is 31.2 Å². The fraction of sp³-hybridized carbons (Fsp3) is 0.320. The zero-order valence-corrected chi connectivity index (χ0v) is 18.9. The number of hydrogen-bond acceptors (Lipinski definition) is 6. The largest absolute Gasteiger partial charge is 0.482 e. The lowest BCUT2D eigenvalue weighted by Gasteiger charge is -2.28. The smallest absolute Gasteiger partial charge is 0.166 e. The lowest BCUT2D eigenvalue weighted by atomic mass is 9.93. The average Bonchev–Trinajstić information content (AvgIpc) is 3.31. The number of aromatic nitrogens is 5. The average molecular weight is 443 g/mol. The fourth-order valence-corrected chi connectivity index (χ4v) is 4.75. The van der Waals surface area contributed by atoms with Crippen LogP contribution in [0.2, 0.25) is 0 Å². The van der Waals surface area contributed by atoms with Gasteiger partial charge in [0.05, 0.1) is 36.8 Å². The van der Waals surface area contributed by atoms with Gasteiger partial charge in [0.25, 0.3) is 0 Å². The number of anilines is 1. The van der Waals surface area contributed by atoms with Gasteiger partial charge in [0, 0.05) is 53.7 Å². The number of ether oxygens (including phenoxy) is 2. The Morgan fingerprint density at radius 3 is 2.76 bits per heavy atom. The van der Waals surface area contributed by atoms with Gasteiger partial charge in [-0.2, -0.15) is 10.2 Å². The fourth-order valence-electron chi connectivity index (χ4n) is 4.75. The SMILES string of the molecule is Cc1ccc2c(c1)[C@@H](C)Oc1cc(cnc1N)-c1c(cnn1C1COC1)Cc1cn(C)nc1-2. The van der Waals surface area contributed by atoms with E-state index in [1.165, 1.54) is 5.56 Å². The van der Waals surface area contributed by atoms with E-state index in [4.69, 9.17) is 25.4 Å². The number of nitrogens with zero attached hydrogens (tertiary/aromatic N) is 5. The molecule has 0 spiro atoms. The summed E-state index contributed by atoms with van der Waals surface area (Å²) in [6, 6.07) is 8.61. The molecule has 0 aliphatic carbocycles. The maximum absolute atomic E-state index is 6.42. The second-order valence-corrected chi connectivity index (χ2v) is 8.97. The van der Waals surface area contributed by atoms with Crippen LogP contribution in [0.15, 0.2) is 42.9 Å². The molecular weight excluding hydrogens is 416 g/mol. The second kappa shape index (κ2) is 7.45. The molecule has 6 rings (SSSR count). The Kier molecular flexibility index (Phi) is 4.51. The first-order chi connectivity index (χ1) is 16.0. The van der Waals surface area contributed by atoms with Crippen molar-refractivity contribution in [2.24, 2.45) is 7.05 Å². The van der Waals surface area contributed by atoms with Gasteiger partial charge >= 0.3 is 0 Å². The molecule has 0 saturated carbocycles. The van der Waals surface area contributed by atoms with E-state index in [1.54, 1.807) is 6.20 Å². The molecule has 3 aromatic heterocycles. The van der Waals surface area contributed by atoms with Crippen LogP contribution in [0.3, 0.4) is 0 Å². The molecule has 2 bridgehead atoms. The maximum atomic E-state index is 6.42. The van der Waals surface area contributed by atoms with Crippen LogP contribution in [0.5, 0.6) is 5.75 Å². The van der Waals surface area contributed by atoms with Gasteiger partial charge in [0.15, 0.2) is 11.6 Å². The van der Waals surface area contributed by atoms with E-state index in [9.17, 15) is 0 Å². The van der Waals surface area contributed by atoms with Crippen molar-refractivity contribution in [3.8, 4) is 28.3 Å². The summed E-state index contributed by atoms with van der Waals surface area (Å²) in [5.41, 5.74) is 14.7. The summed E-state index contributed by atoms with van der Waals surface area (Å²) in [5, 5.41) is 9.60. The van der Waals surface area contributed by atoms with E-state index in [0.717, 1.165) is 39.2 Å². The van der Waals surface area contributed by atoms with E-state index in [1.807, 2.05) is 30.9 Å². The van der Waals surface area contributed by atoms with Crippen LogP contribution in [-0.2, 0) is 18.2 Å². The topological polar surface area (TPSA) is 93.0 Å². The Labute approximate surface area is 192 Å². The van der Waals surface area contributed by atoms with Crippen molar-refractivity contribution in [3.63, 3.8) is 0 Å². The molecular formula is C25H26N6O2. The molecule has 0 unspecified atom stereocenters. The van der Waals surface area contributed by atoms with Crippen molar-refractivity contribution in [2.75, 3.05) is 18.9 Å². The highest BCUT2D eigenvalue weighted by molar-refractivity contribution is 5.72. The Morgan fingerprint density at radius 1 is 1.12 bits per heavy atom. The highest BCUT2D eigenvalue weighted by atomic mass is 16.5. The minimum atomic E-state index is -0.238. The molecule has 2 N–H and O–H groups in total. The number of pyridine rings is 1. The van der Waals surface area contributed by atoms with Crippen LogP contribution in [0.25, 0.3) is 22.5 Å². The molecule has 2 aliphatic rings. The number of aryl methyl sites for hydroxylation is 2. The highest BCUT2D eigenvalue weighted by Gasteiger charge is 2.28. The van der Waals surface area contributed by atoms with Gasteiger partial charge in [-0.05, 0) is 19.9 Å². The van der Waals surface area contributed by atoms with Crippen LogP contribution in [0, 0.1) is 6.92 Å².